The van der Waals surface area contributed by atoms with E-state index in [1.54, 1.807) is 23.1 Å². The molecule has 2 N–H and O–H groups in total. The smallest absolute Gasteiger partial charge is 0.322 e. The second kappa shape index (κ2) is 5.10. The van der Waals surface area contributed by atoms with Gasteiger partial charge in [-0.05, 0) is 40.9 Å². The lowest BCUT2D eigenvalue weighted by Crippen LogP contribution is -2.55. The van der Waals surface area contributed by atoms with Crippen LogP contribution in [-0.4, -0.2) is 46.4 Å². The quantitative estimate of drug-likeness (QED) is 0.573. The Morgan fingerprint density at radius 2 is 2.00 bits per heavy atom. The Hall–Kier alpha value is -1.96. The van der Waals surface area contributed by atoms with Gasteiger partial charge in [0.15, 0.2) is 0 Å². The van der Waals surface area contributed by atoms with Crippen molar-refractivity contribution in [3.05, 3.63) is 28.5 Å². The molecule has 8 heteroatoms. The topological polar surface area (TPSA) is 91.4 Å². The summed E-state index contributed by atoms with van der Waals surface area (Å²) in [7, 11) is 0. The van der Waals surface area contributed by atoms with E-state index in [4.69, 9.17) is 0 Å². The summed E-state index contributed by atoms with van der Waals surface area (Å²) in [6.45, 7) is 0.807. The molecule has 0 bridgehead atoms. The number of imide groups is 1. The SMILES string of the molecule is O=C1NC(=O)C2(CCN(C(=O)c3cccc(Br)n3)CC2)N1. The van der Waals surface area contributed by atoms with Crippen LogP contribution in [0, 0.1) is 0 Å². The molecule has 0 aliphatic carbocycles. The van der Waals surface area contributed by atoms with Crippen LogP contribution >= 0.6 is 15.9 Å². The van der Waals surface area contributed by atoms with Gasteiger partial charge in [0.05, 0.1) is 0 Å². The van der Waals surface area contributed by atoms with Crippen molar-refractivity contribution < 1.29 is 14.4 Å². The molecule has 1 spiro atoms. The number of piperidine rings is 1. The molecule has 4 amide bonds. The molecule has 2 aliphatic rings. The number of halogens is 1. The van der Waals surface area contributed by atoms with Gasteiger partial charge in [-0.3, -0.25) is 14.9 Å². The van der Waals surface area contributed by atoms with Gasteiger partial charge in [-0.2, -0.15) is 0 Å². The Morgan fingerprint density at radius 1 is 1.29 bits per heavy atom. The molecule has 7 nitrogen and oxygen atoms in total. The van der Waals surface area contributed by atoms with E-state index >= 15 is 0 Å². The van der Waals surface area contributed by atoms with E-state index in [0.717, 1.165) is 0 Å². The number of amides is 4. The molecule has 2 fully saturated rings. The number of urea groups is 1. The average Bonchev–Trinajstić information content (AvgIpc) is 2.73. The van der Waals surface area contributed by atoms with Gasteiger partial charge in [0.1, 0.15) is 15.8 Å². The Labute approximate surface area is 129 Å². The van der Waals surface area contributed by atoms with Crippen LogP contribution in [0.2, 0.25) is 0 Å². The minimum atomic E-state index is -0.863. The molecule has 3 rings (SSSR count). The predicted molar refractivity (Wildman–Crippen MR) is 76.5 cm³/mol. The van der Waals surface area contributed by atoms with Crippen molar-refractivity contribution >= 4 is 33.8 Å². The summed E-state index contributed by atoms with van der Waals surface area (Å²) in [6.07, 6.45) is 0.814. The lowest BCUT2D eigenvalue weighted by atomic mass is 9.87. The van der Waals surface area contributed by atoms with Crippen molar-refractivity contribution in [3.63, 3.8) is 0 Å². The summed E-state index contributed by atoms with van der Waals surface area (Å²) < 4.78 is 0.601. The summed E-state index contributed by atoms with van der Waals surface area (Å²) in [5.41, 5.74) is -0.501. The van der Waals surface area contributed by atoms with Gasteiger partial charge in [0.2, 0.25) is 0 Å². The van der Waals surface area contributed by atoms with Gasteiger partial charge >= 0.3 is 6.03 Å². The molecule has 1 aromatic rings. The van der Waals surface area contributed by atoms with E-state index in [2.05, 4.69) is 31.5 Å². The second-order valence-electron chi connectivity index (χ2n) is 5.13. The van der Waals surface area contributed by atoms with Crippen molar-refractivity contribution in [1.29, 1.82) is 0 Å². The zero-order chi connectivity index (χ0) is 15.0. The molecule has 0 unspecified atom stereocenters. The highest BCUT2D eigenvalue weighted by molar-refractivity contribution is 9.10. The van der Waals surface area contributed by atoms with Gasteiger partial charge in [0, 0.05) is 13.1 Å². The largest absolute Gasteiger partial charge is 0.337 e. The summed E-state index contributed by atoms with van der Waals surface area (Å²) in [5, 5.41) is 4.92. The number of aromatic nitrogens is 1. The maximum atomic E-state index is 12.4. The van der Waals surface area contributed by atoms with Crippen LogP contribution in [0.5, 0.6) is 0 Å². The molecule has 0 radical (unpaired) electrons. The number of rotatable bonds is 1. The van der Waals surface area contributed by atoms with Gasteiger partial charge in [-0.1, -0.05) is 6.07 Å². The Bertz CT molecular complexity index is 626. The highest BCUT2D eigenvalue weighted by Crippen LogP contribution is 2.26. The Balaban J connectivity index is 1.70. The van der Waals surface area contributed by atoms with Crippen LogP contribution in [0.3, 0.4) is 0 Å². The lowest BCUT2D eigenvalue weighted by molar-refractivity contribution is -0.125. The molecular formula is C13H13BrN4O3. The fourth-order valence-corrected chi connectivity index (χ4v) is 3.00. The number of pyridine rings is 1. The standard InChI is InChI=1S/C13H13BrN4O3/c14-9-3-1-2-8(15-9)10(19)18-6-4-13(5-7-18)11(20)16-12(21)17-13/h1-3H,4-7H2,(H2,16,17,20,21). The fraction of sp³-hybridized carbons (Fsp3) is 0.385. The number of carbonyl (C=O) groups is 3. The van der Waals surface area contributed by atoms with Gasteiger partial charge < -0.3 is 10.2 Å². The van der Waals surface area contributed by atoms with Crippen LogP contribution < -0.4 is 10.6 Å². The number of likely N-dealkylation sites (tertiary alicyclic amines) is 1. The molecular weight excluding hydrogens is 340 g/mol. The first kappa shape index (κ1) is 14.0. The van der Waals surface area contributed by atoms with E-state index in [1.807, 2.05) is 0 Å². The summed E-state index contributed by atoms with van der Waals surface area (Å²) in [5.74, 6) is -0.476. The third-order valence-corrected chi connectivity index (χ3v) is 4.29. The third-order valence-electron chi connectivity index (χ3n) is 3.85. The molecule has 110 valence electrons. The van der Waals surface area contributed by atoms with E-state index < -0.39 is 11.6 Å². The van der Waals surface area contributed by atoms with Crippen molar-refractivity contribution in [2.45, 2.75) is 18.4 Å². The van der Waals surface area contributed by atoms with Gasteiger partial charge in [-0.15, -0.1) is 0 Å². The van der Waals surface area contributed by atoms with Crippen molar-refractivity contribution in [2.24, 2.45) is 0 Å². The first-order valence-corrected chi connectivity index (χ1v) is 7.35. The van der Waals surface area contributed by atoms with Gasteiger partial charge in [-0.25, -0.2) is 9.78 Å². The van der Waals surface area contributed by atoms with E-state index in [9.17, 15) is 14.4 Å². The van der Waals surface area contributed by atoms with Crippen LogP contribution in [-0.2, 0) is 4.79 Å². The molecule has 3 heterocycles. The molecule has 1 aromatic heterocycles. The maximum Gasteiger partial charge on any atom is 0.322 e. The minimum absolute atomic E-state index is 0.170. The molecule has 2 aliphatic heterocycles. The Kier molecular flexibility index (Phi) is 3.40. The van der Waals surface area contributed by atoms with E-state index in [-0.39, 0.29) is 11.8 Å². The first-order chi connectivity index (χ1) is 10.00. The van der Waals surface area contributed by atoms with Crippen molar-refractivity contribution in [2.75, 3.05) is 13.1 Å². The maximum absolute atomic E-state index is 12.4. The van der Waals surface area contributed by atoms with E-state index in [0.29, 0.717) is 36.2 Å². The van der Waals surface area contributed by atoms with Crippen LogP contribution in [0.4, 0.5) is 4.79 Å². The van der Waals surface area contributed by atoms with E-state index in [1.165, 1.54) is 0 Å². The summed E-state index contributed by atoms with van der Waals surface area (Å²) in [6, 6.07) is 4.69. The highest BCUT2D eigenvalue weighted by atomic mass is 79.9. The predicted octanol–water partition coefficient (Wildman–Crippen LogP) is 0.658. The first-order valence-electron chi connectivity index (χ1n) is 6.56. The summed E-state index contributed by atoms with van der Waals surface area (Å²) in [4.78, 5) is 41.2. The third kappa shape index (κ3) is 2.51. The normalized spacial score (nSPS) is 20.3. The molecule has 0 saturated carbocycles. The zero-order valence-corrected chi connectivity index (χ0v) is 12.6. The number of nitrogens with one attached hydrogen (secondary N) is 2. The molecule has 0 atom stereocenters. The molecule has 21 heavy (non-hydrogen) atoms. The second-order valence-corrected chi connectivity index (χ2v) is 5.94. The van der Waals surface area contributed by atoms with Crippen LogP contribution in [0.1, 0.15) is 23.3 Å². The zero-order valence-electron chi connectivity index (χ0n) is 11.1. The summed E-state index contributed by atoms with van der Waals surface area (Å²) >= 11 is 3.24. The fourth-order valence-electron chi connectivity index (χ4n) is 2.66. The Morgan fingerprint density at radius 3 is 2.57 bits per heavy atom. The monoisotopic (exact) mass is 352 g/mol. The lowest BCUT2D eigenvalue weighted by Gasteiger charge is -2.36. The van der Waals surface area contributed by atoms with Crippen LogP contribution in [0.15, 0.2) is 22.8 Å². The van der Waals surface area contributed by atoms with Crippen LogP contribution in [0.25, 0.3) is 0 Å². The molecule has 2 saturated heterocycles. The number of hydrogen-bond donors (Lipinski definition) is 2. The molecule has 0 aromatic carbocycles. The van der Waals surface area contributed by atoms with Gasteiger partial charge in [0.25, 0.3) is 11.8 Å². The number of nitrogens with zero attached hydrogens (tertiary/aromatic N) is 2. The minimum Gasteiger partial charge on any atom is -0.337 e. The van der Waals surface area contributed by atoms with Crippen molar-refractivity contribution in [1.82, 2.24) is 20.5 Å². The van der Waals surface area contributed by atoms with Crippen molar-refractivity contribution in [3.8, 4) is 0 Å². The number of hydrogen-bond acceptors (Lipinski definition) is 4. The average molecular weight is 353 g/mol. The highest BCUT2D eigenvalue weighted by Gasteiger charge is 2.48. The number of carbonyl (C=O) groups excluding carboxylic acids is 3.